The molecule has 0 fully saturated rings. The molecule has 0 radical (unpaired) electrons. The largest absolute Gasteiger partial charge is 0.497 e. The fraction of sp³-hybridized carbons (Fsp3) is 0.429. The third kappa shape index (κ3) is 7.76. The molecule has 0 saturated carbocycles. The van der Waals surface area contributed by atoms with E-state index < -0.39 is 0 Å². The lowest BCUT2D eigenvalue weighted by atomic mass is 10.1. The number of aryl methyl sites for hydroxylation is 2. The van der Waals surface area contributed by atoms with Crippen molar-refractivity contribution in [2.45, 2.75) is 20.8 Å². The molecule has 0 amide bonds. The lowest BCUT2D eigenvalue weighted by Crippen LogP contribution is -2.01. The number of ether oxygens (including phenoxy) is 6. The molecule has 0 aromatic heterocycles. The van der Waals surface area contributed by atoms with Crippen molar-refractivity contribution >= 4 is 0 Å². The lowest BCUT2D eigenvalue weighted by Gasteiger charge is -2.12. The standard InChI is InChI=1S/C11H16O3.C10H14O3/c1-8-5-10(13-4)6-11(9(8)2)14-7-12-3;1-8-4-9(12-3)6-10(5-8)13-7-11-2/h5-6H,7H2,1-4H3;4-6H,7H2,1-3H3. The normalized spacial score (nSPS) is 9.89. The third-order valence-corrected chi connectivity index (χ3v) is 3.76. The van der Waals surface area contributed by atoms with Gasteiger partial charge >= 0.3 is 0 Å². The van der Waals surface area contributed by atoms with Crippen molar-refractivity contribution in [2.75, 3.05) is 42.0 Å². The van der Waals surface area contributed by atoms with E-state index in [2.05, 4.69) is 0 Å². The highest BCUT2D eigenvalue weighted by Crippen LogP contribution is 2.27. The van der Waals surface area contributed by atoms with Gasteiger partial charge < -0.3 is 28.4 Å². The monoisotopic (exact) mass is 378 g/mol. The smallest absolute Gasteiger partial charge is 0.188 e. The van der Waals surface area contributed by atoms with Crippen LogP contribution < -0.4 is 18.9 Å². The maximum absolute atomic E-state index is 5.41. The van der Waals surface area contributed by atoms with Crippen molar-refractivity contribution < 1.29 is 28.4 Å². The molecule has 0 aliphatic carbocycles. The van der Waals surface area contributed by atoms with Gasteiger partial charge in [-0.25, -0.2) is 0 Å². The summed E-state index contributed by atoms with van der Waals surface area (Å²) in [6.45, 7) is 6.54. The van der Waals surface area contributed by atoms with Crippen LogP contribution in [0.15, 0.2) is 30.3 Å². The maximum Gasteiger partial charge on any atom is 0.188 e. The van der Waals surface area contributed by atoms with E-state index >= 15 is 0 Å². The minimum absolute atomic E-state index is 0.257. The summed E-state index contributed by atoms with van der Waals surface area (Å²) in [6.07, 6.45) is 0. The van der Waals surface area contributed by atoms with Crippen molar-refractivity contribution in [2.24, 2.45) is 0 Å². The molecule has 0 N–H and O–H groups in total. The second-order valence-corrected chi connectivity index (χ2v) is 5.86. The van der Waals surface area contributed by atoms with Crippen LogP contribution in [-0.4, -0.2) is 42.0 Å². The molecule has 0 aliphatic heterocycles. The van der Waals surface area contributed by atoms with Gasteiger partial charge in [0.1, 0.15) is 23.0 Å². The van der Waals surface area contributed by atoms with Gasteiger partial charge in [-0.15, -0.1) is 0 Å². The Balaban J connectivity index is 0.000000271. The molecule has 150 valence electrons. The number of benzene rings is 2. The van der Waals surface area contributed by atoms with E-state index in [1.807, 2.05) is 51.1 Å². The molecule has 27 heavy (non-hydrogen) atoms. The first kappa shape index (κ1) is 22.6. The number of hydrogen-bond donors (Lipinski definition) is 0. The Kier molecular flexibility index (Phi) is 10.1. The first-order chi connectivity index (χ1) is 12.9. The Hall–Kier alpha value is -2.44. The summed E-state index contributed by atoms with van der Waals surface area (Å²) >= 11 is 0. The molecule has 0 heterocycles. The molecule has 2 aromatic rings. The molecular weight excluding hydrogens is 348 g/mol. The van der Waals surface area contributed by atoms with Crippen LogP contribution in [0.25, 0.3) is 0 Å². The SMILES string of the molecule is COCOc1cc(C)cc(OC)c1.COCOc1cc(OC)cc(C)c1C. The van der Waals surface area contributed by atoms with Crippen molar-refractivity contribution in [1.29, 1.82) is 0 Å². The molecule has 6 nitrogen and oxygen atoms in total. The van der Waals surface area contributed by atoms with E-state index in [1.54, 1.807) is 28.4 Å². The molecule has 0 aliphatic rings. The average molecular weight is 378 g/mol. The molecule has 2 aromatic carbocycles. The maximum atomic E-state index is 5.41. The van der Waals surface area contributed by atoms with Gasteiger partial charge in [0.05, 0.1) is 14.2 Å². The van der Waals surface area contributed by atoms with Crippen LogP contribution in [0.5, 0.6) is 23.0 Å². The van der Waals surface area contributed by atoms with Crippen molar-refractivity contribution in [3.8, 4) is 23.0 Å². The number of rotatable bonds is 8. The van der Waals surface area contributed by atoms with Crippen molar-refractivity contribution in [3.05, 3.63) is 47.0 Å². The Labute approximate surface area is 161 Å². The summed E-state index contributed by atoms with van der Waals surface area (Å²) in [5.74, 6) is 3.17. The van der Waals surface area contributed by atoms with E-state index in [0.29, 0.717) is 0 Å². The fourth-order valence-electron chi connectivity index (χ4n) is 2.23. The van der Waals surface area contributed by atoms with E-state index in [1.165, 1.54) is 0 Å². The second-order valence-electron chi connectivity index (χ2n) is 5.86. The summed E-state index contributed by atoms with van der Waals surface area (Å²) in [7, 11) is 6.47. The summed E-state index contributed by atoms with van der Waals surface area (Å²) in [5, 5.41) is 0. The van der Waals surface area contributed by atoms with Gasteiger partial charge in [0.15, 0.2) is 13.6 Å². The van der Waals surface area contributed by atoms with Gasteiger partial charge in [-0.05, 0) is 55.7 Å². The topological polar surface area (TPSA) is 55.4 Å². The van der Waals surface area contributed by atoms with E-state index in [4.69, 9.17) is 28.4 Å². The molecule has 0 saturated heterocycles. The first-order valence-electron chi connectivity index (χ1n) is 8.49. The molecule has 0 bridgehead atoms. The Morgan fingerprint density at radius 1 is 0.630 bits per heavy atom. The summed E-state index contributed by atoms with van der Waals surface area (Å²) < 4.78 is 30.6. The zero-order valence-electron chi connectivity index (χ0n) is 17.3. The molecule has 0 atom stereocenters. The van der Waals surface area contributed by atoms with E-state index in [9.17, 15) is 0 Å². The molecule has 2 rings (SSSR count). The predicted molar refractivity (Wildman–Crippen MR) is 105 cm³/mol. The first-order valence-corrected chi connectivity index (χ1v) is 8.49. The molecule has 6 heteroatoms. The Morgan fingerprint density at radius 3 is 1.78 bits per heavy atom. The van der Waals surface area contributed by atoms with Crippen LogP contribution in [-0.2, 0) is 9.47 Å². The number of methoxy groups -OCH3 is 4. The Bertz CT molecular complexity index is 699. The molecular formula is C21H30O6. The van der Waals surface area contributed by atoms with Crippen LogP contribution in [0.2, 0.25) is 0 Å². The fourth-order valence-corrected chi connectivity index (χ4v) is 2.23. The highest BCUT2D eigenvalue weighted by molar-refractivity contribution is 5.45. The molecule has 0 spiro atoms. The zero-order chi connectivity index (χ0) is 20.2. The Morgan fingerprint density at radius 2 is 1.19 bits per heavy atom. The highest BCUT2D eigenvalue weighted by atomic mass is 16.7. The van der Waals surface area contributed by atoms with Crippen LogP contribution in [0.1, 0.15) is 16.7 Å². The number of hydrogen-bond acceptors (Lipinski definition) is 6. The van der Waals surface area contributed by atoms with Crippen LogP contribution >= 0.6 is 0 Å². The van der Waals surface area contributed by atoms with Crippen molar-refractivity contribution in [1.82, 2.24) is 0 Å². The zero-order valence-corrected chi connectivity index (χ0v) is 17.3. The van der Waals surface area contributed by atoms with Crippen molar-refractivity contribution in [3.63, 3.8) is 0 Å². The van der Waals surface area contributed by atoms with Gasteiger partial charge in [-0.2, -0.15) is 0 Å². The second kappa shape index (κ2) is 12.0. The highest BCUT2D eigenvalue weighted by Gasteiger charge is 2.05. The van der Waals surface area contributed by atoms with Gasteiger partial charge in [-0.1, -0.05) is 0 Å². The minimum atomic E-state index is 0.257. The van der Waals surface area contributed by atoms with Crippen LogP contribution in [0.4, 0.5) is 0 Å². The lowest BCUT2D eigenvalue weighted by molar-refractivity contribution is 0.0504. The van der Waals surface area contributed by atoms with Gasteiger partial charge in [-0.3, -0.25) is 0 Å². The third-order valence-electron chi connectivity index (χ3n) is 3.76. The van der Waals surface area contributed by atoms with Gasteiger partial charge in [0.2, 0.25) is 0 Å². The minimum Gasteiger partial charge on any atom is -0.497 e. The van der Waals surface area contributed by atoms with Gasteiger partial charge in [0.25, 0.3) is 0 Å². The molecule has 0 unspecified atom stereocenters. The van der Waals surface area contributed by atoms with E-state index in [0.717, 1.165) is 39.7 Å². The summed E-state index contributed by atoms with van der Waals surface area (Å²) in [6, 6.07) is 9.55. The summed E-state index contributed by atoms with van der Waals surface area (Å²) in [4.78, 5) is 0. The quantitative estimate of drug-likeness (QED) is 0.639. The van der Waals surface area contributed by atoms with Crippen LogP contribution in [0, 0.1) is 20.8 Å². The van der Waals surface area contributed by atoms with Crippen LogP contribution in [0.3, 0.4) is 0 Å². The predicted octanol–water partition coefficient (Wildman–Crippen LogP) is 4.28. The van der Waals surface area contributed by atoms with Gasteiger partial charge in [0, 0.05) is 26.4 Å². The average Bonchev–Trinajstić information content (AvgIpc) is 2.67. The van der Waals surface area contributed by atoms with E-state index in [-0.39, 0.29) is 13.6 Å². The summed E-state index contributed by atoms with van der Waals surface area (Å²) in [5.41, 5.74) is 3.36.